The summed E-state index contributed by atoms with van der Waals surface area (Å²) in [6.07, 6.45) is 3.95. The number of hydrogen-bond donors (Lipinski definition) is 1. The Bertz CT molecular complexity index is 516. The Morgan fingerprint density at radius 1 is 1.47 bits per heavy atom. The third kappa shape index (κ3) is 4.51. The minimum atomic E-state index is 0.315. The summed E-state index contributed by atoms with van der Waals surface area (Å²) in [7, 11) is 0. The van der Waals surface area contributed by atoms with Crippen LogP contribution in [0.4, 0.5) is 0 Å². The molecule has 1 heterocycles. The van der Waals surface area contributed by atoms with Crippen LogP contribution in [0.3, 0.4) is 0 Å². The third-order valence-corrected chi connectivity index (χ3v) is 5.03. The first-order chi connectivity index (χ1) is 9.20. The first kappa shape index (κ1) is 15.4. The number of benzene rings is 1. The van der Waals surface area contributed by atoms with E-state index in [1.54, 1.807) is 11.3 Å². The Morgan fingerprint density at radius 3 is 3.00 bits per heavy atom. The van der Waals surface area contributed by atoms with E-state index >= 15 is 0 Å². The number of nitrogens with one attached hydrogen (secondary N) is 1. The number of rotatable bonds is 6. The molecule has 0 fully saturated rings. The first-order valence-corrected chi connectivity index (χ1v) is 9.02. The molecule has 2 aromatic rings. The Morgan fingerprint density at radius 2 is 2.32 bits per heavy atom. The van der Waals surface area contributed by atoms with Gasteiger partial charge in [0.1, 0.15) is 0 Å². The van der Waals surface area contributed by atoms with Crippen molar-refractivity contribution in [3.63, 3.8) is 0 Å². The van der Waals surface area contributed by atoms with E-state index in [0.717, 1.165) is 23.9 Å². The minimum absolute atomic E-state index is 0.315. The molecule has 1 unspecified atom stereocenters. The number of halogens is 2. The molecule has 0 spiro atoms. The molecule has 2 rings (SSSR count). The Kier molecular flexibility index (Phi) is 6.25. The molecular weight excluding hydrogens is 435 g/mol. The van der Waals surface area contributed by atoms with Gasteiger partial charge in [0, 0.05) is 32.1 Å². The average molecular weight is 451 g/mol. The molecule has 102 valence electrons. The van der Waals surface area contributed by atoms with E-state index in [9.17, 15) is 0 Å². The average Bonchev–Trinajstić information content (AvgIpc) is 2.90. The van der Waals surface area contributed by atoms with Crippen molar-refractivity contribution in [3.05, 3.63) is 48.4 Å². The van der Waals surface area contributed by atoms with Crippen LogP contribution in [-0.2, 0) is 6.42 Å². The zero-order valence-corrected chi connectivity index (χ0v) is 15.3. The van der Waals surface area contributed by atoms with Gasteiger partial charge in [0.2, 0.25) is 0 Å². The predicted octanol–water partition coefficient (Wildman–Crippen LogP) is 4.79. The van der Waals surface area contributed by atoms with Gasteiger partial charge >= 0.3 is 0 Å². The second-order valence-electron chi connectivity index (χ2n) is 4.30. The van der Waals surface area contributed by atoms with Crippen LogP contribution in [-0.4, -0.2) is 11.5 Å². The highest BCUT2D eigenvalue weighted by atomic mass is 127. The third-order valence-electron chi connectivity index (χ3n) is 2.84. The smallest absolute Gasteiger partial charge is 0.0943 e. The fourth-order valence-corrected chi connectivity index (χ4v) is 3.62. The number of thiazole rings is 1. The molecule has 19 heavy (non-hydrogen) atoms. The van der Waals surface area contributed by atoms with Gasteiger partial charge in [-0.3, -0.25) is 0 Å². The maximum atomic E-state index is 4.40. The van der Waals surface area contributed by atoms with Crippen LogP contribution in [0.5, 0.6) is 0 Å². The van der Waals surface area contributed by atoms with Crippen LogP contribution in [0.1, 0.15) is 30.0 Å². The standard InChI is InChI=1S/C14H16BrIN2S/c1-2-5-17-13(9-14-18-6-7-19-14)11-8-10(16)3-4-12(11)15/h3-4,6-8,13,17H,2,5,9H2,1H3. The fraction of sp³-hybridized carbons (Fsp3) is 0.357. The van der Waals surface area contributed by atoms with Crippen molar-refractivity contribution in [1.29, 1.82) is 0 Å². The molecule has 0 saturated carbocycles. The summed E-state index contributed by atoms with van der Waals surface area (Å²) in [5, 5.41) is 6.84. The van der Waals surface area contributed by atoms with Crippen molar-refractivity contribution >= 4 is 49.9 Å². The highest BCUT2D eigenvalue weighted by Gasteiger charge is 2.16. The molecule has 1 atom stereocenters. The van der Waals surface area contributed by atoms with Crippen LogP contribution < -0.4 is 5.32 Å². The monoisotopic (exact) mass is 450 g/mol. The van der Waals surface area contributed by atoms with Gasteiger partial charge in [0.25, 0.3) is 0 Å². The lowest BCUT2D eigenvalue weighted by molar-refractivity contribution is 0.526. The van der Waals surface area contributed by atoms with Gasteiger partial charge in [-0.25, -0.2) is 4.98 Å². The number of aromatic nitrogens is 1. The SMILES string of the molecule is CCCNC(Cc1nccs1)c1cc(I)ccc1Br. The molecular formula is C14H16BrIN2S. The van der Waals surface area contributed by atoms with Gasteiger partial charge < -0.3 is 5.32 Å². The second kappa shape index (κ2) is 7.71. The van der Waals surface area contributed by atoms with E-state index in [2.05, 4.69) is 73.9 Å². The van der Waals surface area contributed by atoms with E-state index in [4.69, 9.17) is 0 Å². The highest BCUT2D eigenvalue weighted by Crippen LogP contribution is 2.28. The molecule has 1 N–H and O–H groups in total. The van der Waals surface area contributed by atoms with Gasteiger partial charge in [-0.1, -0.05) is 22.9 Å². The zero-order valence-electron chi connectivity index (χ0n) is 10.7. The summed E-state index contributed by atoms with van der Waals surface area (Å²) in [5.41, 5.74) is 1.32. The summed E-state index contributed by atoms with van der Waals surface area (Å²) in [6.45, 7) is 3.21. The lowest BCUT2D eigenvalue weighted by Crippen LogP contribution is -2.24. The van der Waals surface area contributed by atoms with Crippen LogP contribution in [0.2, 0.25) is 0 Å². The Balaban J connectivity index is 2.23. The maximum absolute atomic E-state index is 4.40. The number of nitrogens with zero attached hydrogens (tertiary/aromatic N) is 1. The van der Waals surface area contributed by atoms with Crippen molar-refractivity contribution in [2.75, 3.05) is 6.54 Å². The molecule has 0 saturated heterocycles. The van der Waals surface area contributed by atoms with E-state index in [0.29, 0.717) is 6.04 Å². The van der Waals surface area contributed by atoms with Crippen LogP contribution >= 0.6 is 49.9 Å². The van der Waals surface area contributed by atoms with Gasteiger partial charge in [0.05, 0.1) is 5.01 Å². The molecule has 0 bridgehead atoms. The van der Waals surface area contributed by atoms with Crippen molar-refractivity contribution in [3.8, 4) is 0 Å². The van der Waals surface area contributed by atoms with Crippen molar-refractivity contribution in [1.82, 2.24) is 10.3 Å². The molecule has 0 aliphatic heterocycles. The topological polar surface area (TPSA) is 24.9 Å². The lowest BCUT2D eigenvalue weighted by Gasteiger charge is -2.19. The predicted molar refractivity (Wildman–Crippen MR) is 93.7 cm³/mol. The van der Waals surface area contributed by atoms with Crippen molar-refractivity contribution < 1.29 is 0 Å². The van der Waals surface area contributed by atoms with E-state index in [-0.39, 0.29) is 0 Å². The van der Waals surface area contributed by atoms with E-state index in [1.165, 1.54) is 14.1 Å². The molecule has 2 nitrogen and oxygen atoms in total. The van der Waals surface area contributed by atoms with E-state index in [1.807, 2.05) is 11.6 Å². The first-order valence-electron chi connectivity index (χ1n) is 6.27. The fourth-order valence-electron chi connectivity index (χ4n) is 1.92. The summed E-state index contributed by atoms with van der Waals surface area (Å²) in [5.74, 6) is 0. The quantitative estimate of drug-likeness (QED) is 0.639. The Labute approximate surface area is 140 Å². The van der Waals surface area contributed by atoms with Crippen molar-refractivity contribution in [2.24, 2.45) is 0 Å². The van der Waals surface area contributed by atoms with E-state index < -0.39 is 0 Å². The molecule has 0 aliphatic rings. The van der Waals surface area contributed by atoms with Crippen LogP contribution in [0.15, 0.2) is 34.2 Å². The van der Waals surface area contributed by atoms with Crippen molar-refractivity contribution in [2.45, 2.75) is 25.8 Å². The highest BCUT2D eigenvalue weighted by molar-refractivity contribution is 14.1. The van der Waals surface area contributed by atoms with Crippen LogP contribution in [0, 0.1) is 3.57 Å². The normalized spacial score (nSPS) is 12.6. The van der Waals surface area contributed by atoms with Gasteiger partial charge in [-0.2, -0.15) is 0 Å². The number of hydrogen-bond acceptors (Lipinski definition) is 3. The summed E-state index contributed by atoms with van der Waals surface area (Å²) >= 11 is 7.75. The largest absolute Gasteiger partial charge is 0.310 e. The van der Waals surface area contributed by atoms with Crippen LogP contribution in [0.25, 0.3) is 0 Å². The Hall–Kier alpha value is 0.0200. The molecule has 0 radical (unpaired) electrons. The maximum Gasteiger partial charge on any atom is 0.0943 e. The van der Waals surface area contributed by atoms with Gasteiger partial charge in [-0.15, -0.1) is 11.3 Å². The lowest BCUT2D eigenvalue weighted by atomic mass is 10.0. The molecule has 0 aliphatic carbocycles. The summed E-state index contributed by atoms with van der Waals surface area (Å²) in [6, 6.07) is 6.80. The van der Waals surface area contributed by atoms with Gasteiger partial charge in [-0.05, 0) is 59.3 Å². The molecule has 0 amide bonds. The second-order valence-corrected chi connectivity index (χ2v) is 7.38. The van der Waals surface area contributed by atoms with Gasteiger partial charge in [0.15, 0.2) is 0 Å². The molecule has 1 aromatic heterocycles. The zero-order chi connectivity index (χ0) is 13.7. The summed E-state index contributed by atoms with van der Waals surface area (Å²) < 4.78 is 2.43. The molecule has 5 heteroatoms. The molecule has 1 aromatic carbocycles. The summed E-state index contributed by atoms with van der Waals surface area (Å²) in [4.78, 5) is 4.40. The minimum Gasteiger partial charge on any atom is -0.310 e.